The standard InChI is InChI=1S/C16H14IN5O2/c1-9-12(16-19-6-7-24-16)22-14(18)13(21-9)15(23)20-8-10-4-2-3-5-11(10)17/h2-7H,8H2,1H3,(H2,18,22)(H,20,23). The molecular weight excluding hydrogens is 421 g/mol. The Kier molecular flexibility index (Phi) is 4.74. The van der Waals surface area contributed by atoms with E-state index in [-0.39, 0.29) is 17.4 Å². The molecule has 0 unspecified atom stereocenters. The molecule has 0 saturated heterocycles. The topological polar surface area (TPSA) is 107 Å². The summed E-state index contributed by atoms with van der Waals surface area (Å²) in [6.45, 7) is 2.11. The van der Waals surface area contributed by atoms with Crippen LogP contribution in [0.2, 0.25) is 0 Å². The highest BCUT2D eigenvalue weighted by Crippen LogP contribution is 2.20. The van der Waals surface area contributed by atoms with E-state index >= 15 is 0 Å². The van der Waals surface area contributed by atoms with Gasteiger partial charge >= 0.3 is 0 Å². The first-order valence-corrected chi connectivity index (χ1v) is 8.19. The van der Waals surface area contributed by atoms with E-state index in [0.29, 0.717) is 23.8 Å². The van der Waals surface area contributed by atoms with Gasteiger partial charge in [-0.1, -0.05) is 18.2 Å². The van der Waals surface area contributed by atoms with Crippen molar-refractivity contribution < 1.29 is 9.21 Å². The number of carbonyl (C=O) groups excluding carboxylic acids is 1. The molecule has 1 aromatic carbocycles. The maximum absolute atomic E-state index is 12.4. The van der Waals surface area contributed by atoms with Crippen LogP contribution in [0, 0.1) is 10.5 Å². The molecule has 0 atom stereocenters. The Morgan fingerprint density at radius 1 is 1.33 bits per heavy atom. The number of aryl methyl sites for hydroxylation is 1. The van der Waals surface area contributed by atoms with Crippen LogP contribution in [0.4, 0.5) is 5.82 Å². The van der Waals surface area contributed by atoms with Crippen LogP contribution in [0.15, 0.2) is 41.1 Å². The maximum Gasteiger partial charge on any atom is 0.273 e. The van der Waals surface area contributed by atoms with E-state index in [1.54, 1.807) is 6.92 Å². The smallest absolute Gasteiger partial charge is 0.273 e. The largest absolute Gasteiger partial charge is 0.443 e. The maximum atomic E-state index is 12.4. The number of nitrogen functional groups attached to an aromatic ring is 1. The van der Waals surface area contributed by atoms with Gasteiger partial charge in [-0.2, -0.15) is 0 Å². The second-order valence-corrected chi connectivity index (χ2v) is 6.17. The third kappa shape index (κ3) is 3.37. The van der Waals surface area contributed by atoms with Crippen molar-refractivity contribution in [3.05, 3.63) is 57.2 Å². The summed E-state index contributed by atoms with van der Waals surface area (Å²) in [7, 11) is 0. The number of nitrogens with zero attached hydrogens (tertiary/aromatic N) is 3. The minimum Gasteiger partial charge on any atom is -0.443 e. The minimum absolute atomic E-state index is 0.0362. The van der Waals surface area contributed by atoms with Gasteiger partial charge < -0.3 is 15.5 Å². The number of amides is 1. The van der Waals surface area contributed by atoms with E-state index in [0.717, 1.165) is 9.13 Å². The predicted octanol–water partition coefficient (Wildman–Crippen LogP) is 2.56. The van der Waals surface area contributed by atoms with Crippen LogP contribution < -0.4 is 11.1 Å². The average Bonchev–Trinajstić information content (AvgIpc) is 3.10. The van der Waals surface area contributed by atoms with E-state index in [1.807, 2.05) is 24.3 Å². The van der Waals surface area contributed by atoms with Crippen molar-refractivity contribution in [3.63, 3.8) is 0 Å². The van der Waals surface area contributed by atoms with Crippen LogP contribution in [-0.2, 0) is 6.54 Å². The lowest BCUT2D eigenvalue weighted by atomic mass is 10.2. The van der Waals surface area contributed by atoms with E-state index in [1.165, 1.54) is 12.5 Å². The fourth-order valence-electron chi connectivity index (χ4n) is 2.14. The van der Waals surface area contributed by atoms with Crippen LogP contribution >= 0.6 is 22.6 Å². The van der Waals surface area contributed by atoms with Gasteiger partial charge in [0.1, 0.15) is 12.0 Å². The summed E-state index contributed by atoms with van der Waals surface area (Å²) in [4.78, 5) is 24.9. The number of anilines is 1. The van der Waals surface area contributed by atoms with Crippen LogP contribution in [-0.4, -0.2) is 20.9 Å². The fraction of sp³-hybridized carbons (Fsp3) is 0.125. The number of aromatic nitrogens is 3. The highest BCUT2D eigenvalue weighted by molar-refractivity contribution is 14.1. The van der Waals surface area contributed by atoms with E-state index in [2.05, 4.69) is 42.9 Å². The summed E-state index contributed by atoms with van der Waals surface area (Å²) < 4.78 is 6.28. The van der Waals surface area contributed by atoms with E-state index < -0.39 is 0 Å². The summed E-state index contributed by atoms with van der Waals surface area (Å²) in [5.41, 5.74) is 7.94. The third-order valence-corrected chi connectivity index (χ3v) is 4.40. The molecule has 0 aliphatic carbocycles. The molecule has 24 heavy (non-hydrogen) atoms. The molecule has 1 amide bonds. The zero-order valence-electron chi connectivity index (χ0n) is 12.8. The normalized spacial score (nSPS) is 10.6. The zero-order valence-corrected chi connectivity index (χ0v) is 14.9. The van der Waals surface area contributed by atoms with Crippen LogP contribution in [0.3, 0.4) is 0 Å². The highest BCUT2D eigenvalue weighted by Gasteiger charge is 2.18. The quantitative estimate of drug-likeness (QED) is 0.611. The average molecular weight is 435 g/mol. The third-order valence-electron chi connectivity index (χ3n) is 3.34. The van der Waals surface area contributed by atoms with Gasteiger partial charge in [-0.05, 0) is 41.1 Å². The Balaban J connectivity index is 1.80. The molecule has 3 aromatic rings. The monoisotopic (exact) mass is 435 g/mol. The van der Waals surface area contributed by atoms with E-state index in [4.69, 9.17) is 10.2 Å². The van der Waals surface area contributed by atoms with Crippen molar-refractivity contribution in [2.75, 3.05) is 5.73 Å². The predicted molar refractivity (Wildman–Crippen MR) is 97.0 cm³/mol. The lowest BCUT2D eigenvalue weighted by Crippen LogP contribution is -2.26. The Bertz CT molecular complexity index is 880. The Labute approximate surface area is 151 Å². The van der Waals surface area contributed by atoms with Gasteiger partial charge in [0, 0.05) is 10.1 Å². The summed E-state index contributed by atoms with van der Waals surface area (Å²) in [6.07, 6.45) is 2.95. The second kappa shape index (κ2) is 6.95. The number of halogens is 1. The lowest BCUT2D eigenvalue weighted by Gasteiger charge is -2.10. The van der Waals surface area contributed by atoms with Crippen LogP contribution in [0.1, 0.15) is 21.7 Å². The number of hydrogen-bond acceptors (Lipinski definition) is 6. The van der Waals surface area contributed by atoms with Gasteiger partial charge in [0.05, 0.1) is 11.9 Å². The molecule has 8 heteroatoms. The first-order chi connectivity index (χ1) is 11.6. The van der Waals surface area contributed by atoms with Crippen LogP contribution in [0.25, 0.3) is 11.6 Å². The van der Waals surface area contributed by atoms with E-state index in [9.17, 15) is 4.79 Å². The molecule has 0 aliphatic heterocycles. The number of rotatable bonds is 4. The Morgan fingerprint density at radius 3 is 2.83 bits per heavy atom. The minimum atomic E-state index is -0.373. The SMILES string of the molecule is Cc1nc(C(=O)NCc2ccccc2I)c(N)nc1-c1ncco1. The van der Waals surface area contributed by atoms with Gasteiger partial charge in [-0.3, -0.25) is 4.79 Å². The van der Waals surface area contributed by atoms with Crippen LogP contribution in [0.5, 0.6) is 0 Å². The summed E-state index contributed by atoms with van der Waals surface area (Å²) in [5.74, 6) is -0.0201. The highest BCUT2D eigenvalue weighted by atomic mass is 127. The van der Waals surface area contributed by atoms with Crippen molar-refractivity contribution in [2.24, 2.45) is 0 Å². The number of hydrogen-bond donors (Lipinski definition) is 2. The van der Waals surface area contributed by atoms with Crippen molar-refractivity contribution >= 4 is 34.3 Å². The summed E-state index contributed by atoms with van der Waals surface area (Å²) >= 11 is 2.22. The zero-order chi connectivity index (χ0) is 17.1. The molecule has 0 aliphatic rings. The molecule has 0 radical (unpaired) electrons. The molecule has 0 saturated carbocycles. The summed E-state index contributed by atoms with van der Waals surface area (Å²) in [6, 6.07) is 7.80. The molecule has 0 spiro atoms. The fourth-order valence-corrected chi connectivity index (χ4v) is 2.72. The number of benzene rings is 1. The molecule has 3 rings (SSSR count). The molecule has 2 aromatic heterocycles. The first kappa shape index (κ1) is 16.4. The van der Waals surface area contributed by atoms with Crippen molar-refractivity contribution in [3.8, 4) is 11.6 Å². The second-order valence-electron chi connectivity index (χ2n) is 5.00. The van der Waals surface area contributed by atoms with Gasteiger partial charge in [-0.15, -0.1) is 0 Å². The number of nitrogens with two attached hydrogens (primary N) is 1. The van der Waals surface area contributed by atoms with Gasteiger partial charge in [0.25, 0.3) is 5.91 Å². The van der Waals surface area contributed by atoms with Crippen molar-refractivity contribution in [1.29, 1.82) is 0 Å². The molecule has 0 bridgehead atoms. The van der Waals surface area contributed by atoms with Gasteiger partial charge in [-0.25, -0.2) is 15.0 Å². The van der Waals surface area contributed by atoms with Crippen molar-refractivity contribution in [1.82, 2.24) is 20.3 Å². The molecule has 0 fully saturated rings. The molecule has 7 nitrogen and oxygen atoms in total. The van der Waals surface area contributed by atoms with Gasteiger partial charge in [0.15, 0.2) is 11.5 Å². The molecule has 3 N–H and O–H groups in total. The number of oxazole rings is 1. The molecular formula is C16H14IN5O2. The Hall–Kier alpha value is -2.49. The summed E-state index contributed by atoms with van der Waals surface area (Å²) in [5, 5.41) is 2.81. The lowest BCUT2D eigenvalue weighted by molar-refractivity contribution is 0.0946. The number of nitrogens with one attached hydrogen (secondary N) is 1. The molecule has 2 heterocycles. The Morgan fingerprint density at radius 2 is 2.12 bits per heavy atom. The molecule has 122 valence electrons. The number of carbonyl (C=O) groups is 1. The first-order valence-electron chi connectivity index (χ1n) is 7.12. The van der Waals surface area contributed by atoms with Crippen molar-refractivity contribution in [2.45, 2.75) is 13.5 Å². The van der Waals surface area contributed by atoms with Gasteiger partial charge in [0.2, 0.25) is 5.89 Å².